The van der Waals surface area contributed by atoms with E-state index in [-0.39, 0.29) is 16.9 Å². The molecule has 0 unspecified atom stereocenters. The highest BCUT2D eigenvalue weighted by Gasteiger charge is 2.23. The molecular formula is C13H29N3O2. The van der Waals surface area contributed by atoms with E-state index in [1.165, 1.54) is 0 Å². The van der Waals surface area contributed by atoms with E-state index in [1.54, 1.807) is 0 Å². The topological polar surface area (TPSA) is 79.9 Å². The first-order valence-corrected chi connectivity index (χ1v) is 6.58. The largest absolute Gasteiger partial charge is 0.409 e. The summed E-state index contributed by atoms with van der Waals surface area (Å²) in [5.41, 5.74) is 5.25. The second-order valence-corrected chi connectivity index (χ2v) is 5.84. The van der Waals surface area contributed by atoms with Crippen molar-refractivity contribution in [3.8, 4) is 0 Å². The first-order valence-electron chi connectivity index (χ1n) is 6.58. The van der Waals surface area contributed by atoms with Gasteiger partial charge in [0.05, 0.1) is 5.60 Å². The smallest absolute Gasteiger partial charge is 0.144 e. The van der Waals surface area contributed by atoms with Crippen LogP contribution in [0, 0.1) is 5.41 Å². The Bertz CT molecular complexity index is 263. The molecule has 0 aliphatic carbocycles. The van der Waals surface area contributed by atoms with Crippen LogP contribution in [0.15, 0.2) is 5.16 Å². The predicted octanol–water partition coefficient (Wildman–Crippen LogP) is 1.94. The van der Waals surface area contributed by atoms with Crippen molar-refractivity contribution in [2.45, 2.75) is 53.1 Å². The Balaban J connectivity index is 3.81. The lowest BCUT2D eigenvalue weighted by molar-refractivity contribution is -0.00872. The van der Waals surface area contributed by atoms with Crippen LogP contribution in [-0.4, -0.2) is 36.3 Å². The molecule has 18 heavy (non-hydrogen) atoms. The van der Waals surface area contributed by atoms with E-state index in [9.17, 15) is 0 Å². The molecule has 0 aliphatic rings. The van der Waals surface area contributed by atoms with Crippen LogP contribution in [0.4, 0.5) is 0 Å². The van der Waals surface area contributed by atoms with Crippen LogP contribution in [0.1, 0.15) is 47.5 Å². The maximum Gasteiger partial charge on any atom is 0.144 e. The summed E-state index contributed by atoms with van der Waals surface area (Å²) in [6.45, 7) is 12.6. The summed E-state index contributed by atoms with van der Waals surface area (Å²) in [4.78, 5) is 0. The van der Waals surface area contributed by atoms with Crippen molar-refractivity contribution >= 4 is 5.84 Å². The Kier molecular flexibility index (Phi) is 7.25. The Morgan fingerprint density at radius 2 is 1.94 bits per heavy atom. The van der Waals surface area contributed by atoms with Gasteiger partial charge in [-0.15, -0.1) is 0 Å². The van der Waals surface area contributed by atoms with Gasteiger partial charge in [-0.25, -0.2) is 0 Å². The molecule has 0 spiro atoms. The predicted molar refractivity (Wildman–Crippen MR) is 75.0 cm³/mol. The lowest BCUT2D eigenvalue weighted by atomic mass is 9.86. The minimum absolute atomic E-state index is 0.129. The molecule has 0 aromatic heterocycles. The lowest BCUT2D eigenvalue weighted by Crippen LogP contribution is -2.38. The fourth-order valence-electron chi connectivity index (χ4n) is 1.75. The van der Waals surface area contributed by atoms with Crippen LogP contribution < -0.4 is 11.1 Å². The van der Waals surface area contributed by atoms with Crippen molar-refractivity contribution in [2.75, 3.05) is 19.7 Å². The molecule has 0 atom stereocenters. The quantitative estimate of drug-likeness (QED) is 0.194. The molecule has 0 radical (unpaired) electrons. The first kappa shape index (κ1) is 17.2. The van der Waals surface area contributed by atoms with Crippen molar-refractivity contribution in [1.29, 1.82) is 0 Å². The van der Waals surface area contributed by atoms with E-state index in [0.29, 0.717) is 0 Å². The van der Waals surface area contributed by atoms with Gasteiger partial charge < -0.3 is 21.0 Å². The third-order valence-corrected chi connectivity index (χ3v) is 3.04. The van der Waals surface area contributed by atoms with Crippen LogP contribution in [0.5, 0.6) is 0 Å². The SMILES string of the molecule is CCOC(C)(C)CNCCCC(C)(C)C(N)=NO. The standard InChI is InChI=1S/C13H29N3O2/c1-6-18-13(4,5)10-15-9-7-8-12(2,3)11(14)16-17/h15,17H,6-10H2,1-5H3,(H2,14,16). The van der Waals surface area contributed by atoms with Gasteiger partial charge in [-0.2, -0.15) is 0 Å². The number of nitrogens with zero attached hydrogens (tertiary/aromatic N) is 1. The number of hydrogen-bond donors (Lipinski definition) is 3. The highest BCUT2D eigenvalue weighted by molar-refractivity contribution is 5.85. The molecule has 4 N–H and O–H groups in total. The highest BCUT2D eigenvalue weighted by Crippen LogP contribution is 2.21. The van der Waals surface area contributed by atoms with Crippen molar-refractivity contribution in [1.82, 2.24) is 5.32 Å². The zero-order valence-electron chi connectivity index (χ0n) is 12.4. The number of rotatable bonds is 9. The Hall–Kier alpha value is -0.810. The van der Waals surface area contributed by atoms with Crippen molar-refractivity contribution in [3.63, 3.8) is 0 Å². The summed E-state index contributed by atoms with van der Waals surface area (Å²) in [5, 5.41) is 15.1. The Labute approximate surface area is 111 Å². The van der Waals surface area contributed by atoms with E-state index in [2.05, 4.69) is 24.3 Å². The minimum atomic E-state index is -0.258. The third-order valence-electron chi connectivity index (χ3n) is 3.04. The third kappa shape index (κ3) is 6.81. The second-order valence-electron chi connectivity index (χ2n) is 5.84. The van der Waals surface area contributed by atoms with Gasteiger partial charge in [0.1, 0.15) is 5.84 Å². The molecule has 0 aromatic rings. The maximum absolute atomic E-state index is 8.67. The molecule has 0 amide bonds. The second kappa shape index (κ2) is 7.59. The van der Waals surface area contributed by atoms with E-state index in [0.717, 1.165) is 32.5 Å². The van der Waals surface area contributed by atoms with Gasteiger partial charge in [-0.3, -0.25) is 0 Å². The number of amidine groups is 1. The molecule has 0 bridgehead atoms. The normalized spacial score (nSPS) is 13.9. The molecule has 0 saturated carbocycles. The van der Waals surface area contributed by atoms with Crippen LogP contribution in [0.3, 0.4) is 0 Å². The number of nitrogens with one attached hydrogen (secondary N) is 1. The van der Waals surface area contributed by atoms with E-state index >= 15 is 0 Å². The average Bonchev–Trinajstić information content (AvgIpc) is 2.27. The van der Waals surface area contributed by atoms with Gasteiger partial charge in [-0.05, 0) is 40.2 Å². The van der Waals surface area contributed by atoms with Gasteiger partial charge in [0, 0.05) is 18.6 Å². The maximum atomic E-state index is 8.67. The molecule has 0 heterocycles. The molecule has 0 aliphatic heterocycles. The number of nitrogens with two attached hydrogens (primary N) is 1. The van der Waals surface area contributed by atoms with E-state index in [1.807, 2.05) is 20.8 Å². The molecule has 0 rings (SSSR count). The van der Waals surface area contributed by atoms with Gasteiger partial charge in [0.25, 0.3) is 0 Å². The van der Waals surface area contributed by atoms with Crippen LogP contribution in [0.2, 0.25) is 0 Å². The Morgan fingerprint density at radius 3 is 2.44 bits per heavy atom. The summed E-state index contributed by atoms with van der Waals surface area (Å²) < 4.78 is 5.60. The zero-order valence-corrected chi connectivity index (χ0v) is 12.4. The minimum Gasteiger partial charge on any atom is -0.409 e. The van der Waals surface area contributed by atoms with Gasteiger partial charge in [-0.1, -0.05) is 19.0 Å². The number of hydrogen-bond acceptors (Lipinski definition) is 4. The summed E-state index contributed by atoms with van der Waals surface area (Å²) in [6, 6.07) is 0. The summed E-state index contributed by atoms with van der Waals surface area (Å²) in [7, 11) is 0. The molecule has 108 valence electrons. The number of oxime groups is 1. The summed E-state index contributed by atoms with van der Waals surface area (Å²) >= 11 is 0. The van der Waals surface area contributed by atoms with Gasteiger partial charge in [0.2, 0.25) is 0 Å². The molecular weight excluding hydrogens is 230 g/mol. The van der Waals surface area contributed by atoms with Crippen LogP contribution in [0.25, 0.3) is 0 Å². The average molecular weight is 259 g/mol. The fourth-order valence-corrected chi connectivity index (χ4v) is 1.75. The molecule has 0 fully saturated rings. The van der Waals surface area contributed by atoms with E-state index in [4.69, 9.17) is 15.7 Å². The summed E-state index contributed by atoms with van der Waals surface area (Å²) in [5.74, 6) is 0.289. The number of ether oxygens (including phenoxy) is 1. The lowest BCUT2D eigenvalue weighted by Gasteiger charge is -2.26. The van der Waals surface area contributed by atoms with Crippen LogP contribution in [-0.2, 0) is 4.74 Å². The summed E-state index contributed by atoms with van der Waals surface area (Å²) in [6.07, 6.45) is 1.86. The molecule has 0 aromatic carbocycles. The van der Waals surface area contributed by atoms with Crippen LogP contribution >= 0.6 is 0 Å². The highest BCUT2D eigenvalue weighted by atomic mass is 16.5. The fraction of sp³-hybridized carbons (Fsp3) is 0.923. The first-order chi connectivity index (χ1) is 8.25. The van der Waals surface area contributed by atoms with Crippen molar-refractivity contribution in [2.24, 2.45) is 16.3 Å². The molecule has 0 saturated heterocycles. The van der Waals surface area contributed by atoms with Crippen molar-refractivity contribution < 1.29 is 9.94 Å². The zero-order chi connectivity index (χ0) is 14.2. The monoisotopic (exact) mass is 259 g/mol. The van der Waals surface area contributed by atoms with Crippen molar-refractivity contribution in [3.05, 3.63) is 0 Å². The Morgan fingerprint density at radius 1 is 1.33 bits per heavy atom. The molecule has 5 nitrogen and oxygen atoms in total. The molecule has 5 heteroatoms. The van der Waals surface area contributed by atoms with E-state index < -0.39 is 0 Å². The van der Waals surface area contributed by atoms with Gasteiger partial charge in [0.15, 0.2) is 0 Å². The van der Waals surface area contributed by atoms with Gasteiger partial charge >= 0.3 is 0 Å².